The Hall–Kier alpha value is -1.72. The van der Waals surface area contributed by atoms with E-state index in [9.17, 15) is 18.0 Å². The molecule has 2 rings (SSSR count). The van der Waals surface area contributed by atoms with Crippen LogP contribution in [0.5, 0.6) is 0 Å². The standard InChI is InChI=1S/C11H10F3NO2/c12-7-1-3-8(4-2-7)15-6-9-5-11(13,14)10(16)17-9/h1-4,9,15H,5-6H2. The molecule has 1 fully saturated rings. The van der Waals surface area contributed by atoms with Crippen molar-refractivity contribution >= 4 is 11.7 Å². The predicted octanol–water partition coefficient (Wildman–Crippen LogP) is 2.19. The number of halogens is 3. The summed E-state index contributed by atoms with van der Waals surface area (Å²) in [4.78, 5) is 10.7. The van der Waals surface area contributed by atoms with Crippen molar-refractivity contribution in [2.75, 3.05) is 11.9 Å². The fourth-order valence-electron chi connectivity index (χ4n) is 1.56. The second-order valence-electron chi connectivity index (χ2n) is 3.82. The van der Waals surface area contributed by atoms with Gasteiger partial charge in [0.05, 0.1) is 13.0 Å². The monoisotopic (exact) mass is 245 g/mol. The molecular formula is C11H10F3NO2. The van der Waals surface area contributed by atoms with E-state index in [4.69, 9.17) is 0 Å². The first-order valence-corrected chi connectivity index (χ1v) is 5.06. The van der Waals surface area contributed by atoms with Crippen molar-refractivity contribution in [3.8, 4) is 0 Å². The number of hydrogen-bond acceptors (Lipinski definition) is 3. The molecule has 6 heteroatoms. The van der Waals surface area contributed by atoms with Crippen molar-refractivity contribution in [2.45, 2.75) is 18.4 Å². The first-order valence-electron chi connectivity index (χ1n) is 5.06. The number of benzene rings is 1. The number of rotatable bonds is 3. The third-order valence-corrected chi connectivity index (χ3v) is 2.43. The zero-order valence-corrected chi connectivity index (χ0v) is 8.75. The van der Waals surface area contributed by atoms with Crippen molar-refractivity contribution in [3.63, 3.8) is 0 Å². The zero-order valence-electron chi connectivity index (χ0n) is 8.75. The molecule has 1 aliphatic rings. The lowest BCUT2D eigenvalue weighted by molar-refractivity contribution is -0.158. The maximum atomic E-state index is 12.8. The van der Waals surface area contributed by atoms with Gasteiger partial charge in [-0.2, -0.15) is 8.78 Å². The molecule has 1 atom stereocenters. The Labute approximate surface area is 95.6 Å². The van der Waals surface area contributed by atoms with Gasteiger partial charge in [-0.3, -0.25) is 0 Å². The van der Waals surface area contributed by atoms with E-state index in [2.05, 4.69) is 10.1 Å². The van der Waals surface area contributed by atoms with E-state index in [1.54, 1.807) is 0 Å². The average Bonchev–Trinajstić information content (AvgIpc) is 2.52. The van der Waals surface area contributed by atoms with Gasteiger partial charge in [-0.05, 0) is 24.3 Å². The summed E-state index contributed by atoms with van der Waals surface area (Å²) in [7, 11) is 0. The summed E-state index contributed by atoms with van der Waals surface area (Å²) < 4.78 is 42.7. The lowest BCUT2D eigenvalue weighted by atomic mass is 10.2. The maximum absolute atomic E-state index is 12.8. The third-order valence-electron chi connectivity index (χ3n) is 2.43. The minimum atomic E-state index is -3.39. The number of nitrogens with one attached hydrogen (secondary N) is 1. The molecule has 17 heavy (non-hydrogen) atoms. The highest BCUT2D eigenvalue weighted by Crippen LogP contribution is 2.30. The molecule has 1 aromatic carbocycles. The van der Waals surface area contributed by atoms with E-state index in [1.165, 1.54) is 24.3 Å². The molecule has 0 radical (unpaired) electrons. The number of carbonyl (C=O) groups excluding carboxylic acids is 1. The number of ether oxygens (including phenoxy) is 1. The van der Waals surface area contributed by atoms with Crippen LogP contribution < -0.4 is 5.32 Å². The van der Waals surface area contributed by atoms with E-state index >= 15 is 0 Å². The van der Waals surface area contributed by atoms with Crippen molar-refractivity contribution in [1.29, 1.82) is 0 Å². The number of anilines is 1. The molecule has 1 heterocycles. The topological polar surface area (TPSA) is 38.3 Å². The smallest absolute Gasteiger partial charge is 0.377 e. The number of esters is 1. The SMILES string of the molecule is O=C1OC(CNc2ccc(F)cc2)CC1(F)F. The van der Waals surface area contributed by atoms with E-state index < -0.39 is 24.4 Å². The molecule has 1 saturated heterocycles. The molecule has 3 nitrogen and oxygen atoms in total. The predicted molar refractivity (Wildman–Crippen MR) is 54.3 cm³/mol. The summed E-state index contributed by atoms with van der Waals surface area (Å²) in [5, 5.41) is 2.79. The summed E-state index contributed by atoms with van der Waals surface area (Å²) >= 11 is 0. The molecule has 0 spiro atoms. The average molecular weight is 245 g/mol. The third kappa shape index (κ3) is 2.69. The fraction of sp³-hybridized carbons (Fsp3) is 0.364. The quantitative estimate of drug-likeness (QED) is 0.829. The Morgan fingerprint density at radius 1 is 1.35 bits per heavy atom. The van der Waals surface area contributed by atoms with E-state index in [1.807, 2.05) is 0 Å². The summed E-state index contributed by atoms with van der Waals surface area (Å²) in [6.45, 7) is 0.0764. The molecule has 1 unspecified atom stereocenters. The number of hydrogen-bond donors (Lipinski definition) is 1. The van der Waals surface area contributed by atoms with Gasteiger partial charge in [0.2, 0.25) is 0 Å². The van der Waals surface area contributed by atoms with Gasteiger partial charge in [-0.1, -0.05) is 0 Å². The minimum Gasteiger partial charge on any atom is -0.456 e. The second-order valence-corrected chi connectivity index (χ2v) is 3.82. The molecule has 1 aliphatic heterocycles. The number of cyclic esters (lactones) is 1. The van der Waals surface area contributed by atoms with Crippen LogP contribution in [0.2, 0.25) is 0 Å². The summed E-state index contributed by atoms with van der Waals surface area (Å²) in [6, 6.07) is 5.45. The second kappa shape index (κ2) is 4.27. The van der Waals surface area contributed by atoms with Crippen LogP contribution in [0.3, 0.4) is 0 Å². The van der Waals surface area contributed by atoms with Crippen LogP contribution in [0, 0.1) is 5.82 Å². The highest BCUT2D eigenvalue weighted by Gasteiger charge is 2.50. The van der Waals surface area contributed by atoms with Crippen molar-refractivity contribution in [2.24, 2.45) is 0 Å². The van der Waals surface area contributed by atoms with Gasteiger partial charge in [0.15, 0.2) is 0 Å². The highest BCUT2D eigenvalue weighted by molar-refractivity contribution is 5.79. The van der Waals surface area contributed by atoms with Crippen molar-refractivity contribution in [3.05, 3.63) is 30.1 Å². The van der Waals surface area contributed by atoms with E-state index in [0.717, 1.165) is 0 Å². The van der Waals surface area contributed by atoms with Crippen LogP contribution in [-0.2, 0) is 9.53 Å². The molecule has 1 N–H and O–H groups in total. The summed E-state index contributed by atoms with van der Waals surface area (Å²) in [5.74, 6) is -5.26. The number of alkyl halides is 2. The van der Waals surface area contributed by atoms with Gasteiger partial charge < -0.3 is 10.1 Å². The Kier molecular flexibility index (Phi) is 2.95. The van der Waals surface area contributed by atoms with Crippen LogP contribution in [0.25, 0.3) is 0 Å². The molecule has 0 amide bonds. The van der Waals surface area contributed by atoms with Gasteiger partial charge in [0.25, 0.3) is 0 Å². The van der Waals surface area contributed by atoms with E-state index in [0.29, 0.717) is 5.69 Å². The summed E-state index contributed by atoms with van der Waals surface area (Å²) in [5.41, 5.74) is 0.581. The molecule has 0 aromatic heterocycles. The molecule has 92 valence electrons. The van der Waals surface area contributed by atoms with Crippen LogP contribution in [0.1, 0.15) is 6.42 Å². The largest absolute Gasteiger partial charge is 0.456 e. The van der Waals surface area contributed by atoms with Crippen molar-refractivity contribution in [1.82, 2.24) is 0 Å². The van der Waals surface area contributed by atoms with Crippen molar-refractivity contribution < 1.29 is 22.7 Å². The summed E-state index contributed by atoms with van der Waals surface area (Å²) in [6.07, 6.45) is -1.48. The Bertz CT molecular complexity index is 419. The first kappa shape index (κ1) is 11.8. The van der Waals surface area contributed by atoms with Gasteiger partial charge in [0.1, 0.15) is 11.9 Å². The van der Waals surface area contributed by atoms with Crippen LogP contribution >= 0.6 is 0 Å². The normalized spacial score (nSPS) is 22.3. The van der Waals surface area contributed by atoms with Crippen LogP contribution in [0.15, 0.2) is 24.3 Å². The van der Waals surface area contributed by atoms with Gasteiger partial charge in [-0.25, -0.2) is 9.18 Å². The Morgan fingerprint density at radius 2 is 2.00 bits per heavy atom. The number of carbonyl (C=O) groups is 1. The molecule has 0 aliphatic carbocycles. The van der Waals surface area contributed by atoms with Gasteiger partial charge in [0, 0.05) is 5.69 Å². The molecule has 0 saturated carbocycles. The van der Waals surface area contributed by atoms with Gasteiger partial charge >= 0.3 is 11.9 Å². The molecular weight excluding hydrogens is 235 g/mol. The van der Waals surface area contributed by atoms with E-state index in [-0.39, 0.29) is 12.4 Å². The molecule has 1 aromatic rings. The lowest BCUT2D eigenvalue weighted by Crippen LogP contribution is -2.22. The Balaban J connectivity index is 1.88. The lowest BCUT2D eigenvalue weighted by Gasteiger charge is -2.10. The fourth-order valence-corrected chi connectivity index (χ4v) is 1.56. The minimum absolute atomic E-state index is 0.0764. The van der Waals surface area contributed by atoms with Crippen LogP contribution in [0.4, 0.5) is 18.9 Å². The maximum Gasteiger partial charge on any atom is 0.377 e. The Morgan fingerprint density at radius 3 is 2.53 bits per heavy atom. The zero-order chi connectivity index (χ0) is 12.5. The molecule has 0 bridgehead atoms. The highest BCUT2D eigenvalue weighted by atomic mass is 19.3. The first-order chi connectivity index (χ1) is 7.97. The van der Waals surface area contributed by atoms with Gasteiger partial charge in [-0.15, -0.1) is 0 Å². The van der Waals surface area contributed by atoms with Crippen LogP contribution in [-0.4, -0.2) is 24.5 Å².